The van der Waals surface area contributed by atoms with Crippen molar-refractivity contribution >= 4 is 11.9 Å². The zero-order valence-corrected chi connectivity index (χ0v) is 9.00. The number of Topliss-reactive ketones (excluding diaryl/α,β-unsaturated/α-hetero) is 1. The molecule has 1 aliphatic rings. The van der Waals surface area contributed by atoms with Gasteiger partial charge < -0.3 is 9.47 Å². The SMILES string of the molecule is CC(=O)C(=Cc1ccc2c(c1)OCO2)[N+](=O)[O-]. The summed E-state index contributed by atoms with van der Waals surface area (Å²) in [6, 6.07) is 4.86. The van der Waals surface area contributed by atoms with Crippen molar-refractivity contribution in [2.45, 2.75) is 6.92 Å². The zero-order valence-electron chi connectivity index (χ0n) is 9.00. The third-order valence-electron chi connectivity index (χ3n) is 2.26. The summed E-state index contributed by atoms with van der Waals surface area (Å²) in [5.41, 5.74) is 0.0695. The predicted octanol–water partition coefficient (Wildman–Crippen LogP) is 1.62. The van der Waals surface area contributed by atoms with Gasteiger partial charge in [0, 0.05) is 13.0 Å². The summed E-state index contributed by atoms with van der Waals surface area (Å²) in [5, 5.41) is 10.6. The number of fused-ring (bicyclic) bond motifs is 1. The van der Waals surface area contributed by atoms with Crippen LogP contribution in [-0.2, 0) is 4.79 Å². The van der Waals surface area contributed by atoms with E-state index in [0.29, 0.717) is 17.1 Å². The molecule has 0 atom stereocenters. The summed E-state index contributed by atoms with van der Waals surface area (Å²) in [4.78, 5) is 21.0. The first kappa shape index (κ1) is 11.1. The first-order chi connectivity index (χ1) is 8.08. The molecule has 6 heteroatoms. The molecule has 0 radical (unpaired) electrons. The minimum atomic E-state index is -0.701. The van der Waals surface area contributed by atoms with E-state index in [9.17, 15) is 14.9 Å². The summed E-state index contributed by atoms with van der Waals surface area (Å²) >= 11 is 0. The third kappa shape index (κ3) is 2.25. The number of hydrogen-bond donors (Lipinski definition) is 0. The Kier molecular flexibility index (Phi) is 2.78. The molecule has 0 saturated heterocycles. The topological polar surface area (TPSA) is 78.7 Å². The van der Waals surface area contributed by atoms with Crippen LogP contribution < -0.4 is 9.47 Å². The van der Waals surface area contributed by atoms with E-state index in [2.05, 4.69) is 0 Å². The Labute approximate surface area is 96.6 Å². The lowest BCUT2D eigenvalue weighted by Gasteiger charge is -1.98. The van der Waals surface area contributed by atoms with Gasteiger partial charge in [-0.1, -0.05) is 6.07 Å². The van der Waals surface area contributed by atoms with Crippen molar-refractivity contribution in [3.8, 4) is 11.5 Å². The standard InChI is InChI=1S/C11H9NO5/c1-7(13)9(12(14)15)4-8-2-3-10-11(5-8)17-6-16-10/h2-5H,6H2,1H3. The van der Waals surface area contributed by atoms with Crippen molar-refractivity contribution in [2.24, 2.45) is 0 Å². The van der Waals surface area contributed by atoms with Gasteiger partial charge in [-0.05, 0) is 17.7 Å². The summed E-state index contributed by atoms with van der Waals surface area (Å²) in [6.45, 7) is 1.29. The first-order valence-corrected chi connectivity index (χ1v) is 4.84. The highest BCUT2D eigenvalue weighted by Crippen LogP contribution is 2.33. The number of nitro groups is 1. The van der Waals surface area contributed by atoms with Gasteiger partial charge in [0.2, 0.25) is 12.6 Å². The number of allylic oxidation sites excluding steroid dienone is 1. The molecule has 1 heterocycles. The molecule has 1 aliphatic heterocycles. The fourth-order valence-corrected chi connectivity index (χ4v) is 1.44. The molecule has 17 heavy (non-hydrogen) atoms. The Morgan fingerprint density at radius 2 is 2.12 bits per heavy atom. The molecular weight excluding hydrogens is 226 g/mol. The molecule has 0 N–H and O–H groups in total. The summed E-state index contributed by atoms with van der Waals surface area (Å²) in [6.07, 6.45) is 1.21. The molecule has 2 rings (SSSR count). The van der Waals surface area contributed by atoms with Gasteiger partial charge in [0.15, 0.2) is 11.5 Å². The molecule has 0 aromatic heterocycles. The molecule has 1 aromatic carbocycles. The van der Waals surface area contributed by atoms with Crippen LogP contribution in [0.4, 0.5) is 0 Å². The third-order valence-corrected chi connectivity index (χ3v) is 2.26. The van der Waals surface area contributed by atoms with Crippen LogP contribution in [0.2, 0.25) is 0 Å². The van der Waals surface area contributed by atoms with Gasteiger partial charge in [0.05, 0.1) is 4.92 Å². The number of carbonyl (C=O) groups is 1. The molecule has 0 amide bonds. The molecule has 0 spiro atoms. The highest BCUT2D eigenvalue weighted by molar-refractivity contribution is 5.95. The van der Waals surface area contributed by atoms with Crippen LogP contribution in [0.15, 0.2) is 23.9 Å². The Morgan fingerprint density at radius 1 is 1.41 bits per heavy atom. The first-order valence-electron chi connectivity index (χ1n) is 4.84. The van der Waals surface area contributed by atoms with Gasteiger partial charge in [-0.3, -0.25) is 14.9 Å². The van der Waals surface area contributed by atoms with Gasteiger partial charge in [0.25, 0.3) is 0 Å². The predicted molar refractivity (Wildman–Crippen MR) is 58.2 cm³/mol. The number of nitrogens with zero attached hydrogens (tertiary/aromatic N) is 1. The molecule has 0 saturated carbocycles. The van der Waals surface area contributed by atoms with Crippen LogP contribution in [0.1, 0.15) is 12.5 Å². The molecular formula is C11H9NO5. The lowest BCUT2D eigenvalue weighted by Crippen LogP contribution is -2.07. The Balaban J connectivity index is 2.37. The van der Waals surface area contributed by atoms with Gasteiger partial charge in [0.1, 0.15) is 0 Å². The normalized spacial score (nSPS) is 13.6. The van der Waals surface area contributed by atoms with E-state index >= 15 is 0 Å². The Hall–Kier alpha value is -2.37. The number of ketones is 1. The van der Waals surface area contributed by atoms with Crippen LogP contribution in [-0.4, -0.2) is 17.5 Å². The average Bonchev–Trinajstić information content (AvgIpc) is 2.71. The Bertz CT molecular complexity index is 505. The van der Waals surface area contributed by atoms with Crippen LogP contribution in [0.3, 0.4) is 0 Å². The smallest absolute Gasteiger partial charge is 0.312 e. The number of rotatable bonds is 3. The molecule has 0 aliphatic carbocycles. The van der Waals surface area contributed by atoms with Crippen molar-refractivity contribution in [1.29, 1.82) is 0 Å². The van der Waals surface area contributed by atoms with Crippen molar-refractivity contribution in [3.05, 3.63) is 39.6 Å². The van der Waals surface area contributed by atoms with E-state index < -0.39 is 16.4 Å². The highest BCUT2D eigenvalue weighted by Gasteiger charge is 2.18. The lowest BCUT2D eigenvalue weighted by atomic mass is 10.1. The van der Waals surface area contributed by atoms with Crippen molar-refractivity contribution in [2.75, 3.05) is 6.79 Å². The van der Waals surface area contributed by atoms with Gasteiger partial charge in [-0.25, -0.2) is 0 Å². The second kappa shape index (κ2) is 4.25. The number of carbonyl (C=O) groups excluding carboxylic acids is 1. The average molecular weight is 235 g/mol. The van der Waals surface area contributed by atoms with Crippen molar-refractivity contribution < 1.29 is 19.2 Å². The Morgan fingerprint density at radius 3 is 2.76 bits per heavy atom. The minimum absolute atomic E-state index is 0.136. The summed E-state index contributed by atoms with van der Waals surface area (Å²) in [5.74, 6) is 0.519. The van der Waals surface area contributed by atoms with Crippen LogP contribution >= 0.6 is 0 Å². The molecule has 0 bridgehead atoms. The fourth-order valence-electron chi connectivity index (χ4n) is 1.44. The number of benzene rings is 1. The number of ether oxygens (including phenoxy) is 2. The molecule has 88 valence electrons. The summed E-state index contributed by atoms with van der Waals surface area (Å²) in [7, 11) is 0. The van der Waals surface area contributed by atoms with Crippen LogP contribution in [0.25, 0.3) is 6.08 Å². The molecule has 0 unspecified atom stereocenters. The van der Waals surface area contributed by atoms with Crippen LogP contribution in [0.5, 0.6) is 11.5 Å². The van der Waals surface area contributed by atoms with E-state index in [-0.39, 0.29) is 6.79 Å². The maximum absolute atomic E-state index is 11.1. The van der Waals surface area contributed by atoms with Gasteiger partial charge >= 0.3 is 5.70 Å². The van der Waals surface area contributed by atoms with Gasteiger partial charge in [-0.2, -0.15) is 0 Å². The minimum Gasteiger partial charge on any atom is -0.454 e. The number of hydrogen-bond acceptors (Lipinski definition) is 5. The van der Waals surface area contributed by atoms with E-state index in [0.717, 1.165) is 6.92 Å². The fraction of sp³-hybridized carbons (Fsp3) is 0.182. The van der Waals surface area contributed by atoms with E-state index in [1.807, 2.05) is 0 Å². The second-order valence-corrected chi connectivity index (χ2v) is 3.46. The maximum atomic E-state index is 11.1. The van der Waals surface area contributed by atoms with E-state index in [1.165, 1.54) is 6.08 Å². The zero-order chi connectivity index (χ0) is 12.4. The maximum Gasteiger partial charge on any atom is 0.312 e. The van der Waals surface area contributed by atoms with Crippen molar-refractivity contribution in [3.63, 3.8) is 0 Å². The molecule has 1 aromatic rings. The van der Waals surface area contributed by atoms with Crippen molar-refractivity contribution in [1.82, 2.24) is 0 Å². The second-order valence-electron chi connectivity index (χ2n) is 3.46. The highest BCUT2D eigenvalue weighted by atomic mass is 16.7. The largest absolute Gasteiger partial charge is 0.454 e. The molecule has 6 nitrogen and oxygen atoms in total. The monoisotopic (exact) mass is 235 g/mol. The quantitative estimate of drug-likeness (QED) is 0.452. The van der Waals surface area contributed by atoms with Gasteiger partial charge in [-0.15, -0.1) is 0 Å². The van der Waals surface area contributed by atoms with E-state index in [1.54, 1.807) is 18.2 Å². The summed E-state index contributed by atoms with van der Waals surface area (Å²) < 4.78 is 10.2. The lowest BCUT2D eigenvalue weighted by molar-refractivity contribution is -0.417. The molecule has 0 fully saturated rings. The van der Waals surface area contributed by atoms with Crippen LogP contribution in [0, 0.1) is 10.1 Å². The van der Waals surface area contributed by atoms with E-state index in [4.69, 9.17) is 9.47 Å².